The molecule has 19 heavy (non-hydrogen) atoms. The molecule has 2 N–H and O–H groups in total. The summed E-state index contributed by atoms with van der Waals surface area (Å²) in [6, 6.07) is 14.2. The molecule has 0 aliphatic carbocycles. The second-order valence-corrected chi connectivity index (χ2v) is 6.22. The average Bonchev–Trinajstić information content (AvgIpc) is 2.41. The van der Waals surface area contributed by atoms with E-state index in [2.05, 4.69) is 34.1 Å². The summed E-state index contributed by atoms with van der Waals surface area (Å²) in [7, 11) is 1.69. The number of hydrogen-bond acceptors (Lipinski definition) is 3. The molecule has 0 aliphatic rings. The largest absolute Gasteiger partial charge is 0.496 e. The molecule has 1 atom stereocenters. The molecule has 0 saturated carbocycles. The lowest BCUT2D eigenvalue weighted by molar-refractivity contribution is 0.405. The van der Waals surface area contributed by atoms with Crippen LogP contribution in [-0.4, -0.2) is 7.11 Å². The summed E-state index contributed by atoms with van der Waals surface area (Å²) in [4.78, 5) is 2.25. The third kappa shape index (κ3) is 3.53. The van der Waals surface area contributed by atoms with Crippen molar-refractivity contribution in [2.24, 2.45) is 5.73 Å². The van der Waals surface area contributed by atoms with E-state index in [-0.39, 0.29) is 6.04 Å². The smallest absolute Gasteiger partial charge is 0.132 e. The fourth-order valence-corrected chi connectivity index (χ4v) is 3.30. The van der Waals surface area contributed by atoms with Gasteiger partial charge in [0.05, 0.1) is 12.0 Å². The maximum absolute atomic E-state index is 6.04. The molecular formula is C15H16BrNOS. The highest BCUT2D eigenvalue weighted by molar-refractivity contribution is 9.10. The van der Waals surface area contributed by atoms with E-state index in [1.165, 1.54) is 0 Å². The Bertz CT molecular complexity index is 572. The van der Waals surface area contributed by atoms with Crippen molar-refractivity contribution < 1.29 is 4.74 Å². The van der Waals surface area contributed by atoms with Gasteiger partial charge in [-0.1, -0.05) is 39.8 Å². The Morgan fingerprint density at radius 1 is 1.16 bits per heavy atom. The van der Waals surface area contributed by atoms with Crippen LogP contribution in [0.1, 0.15) is 18.5 Å². The van der Waals surface area contributed by atoms with Gasteiger partial charge in [-0.25, -0.2) is 0 Å². The van der Waals surface area contributed by atoms with E-state index in [1.54, 1.807) is 18.9 Å². The summed E-state index contributed by atoms with van der Waals surface area (Å²) in [6.07, 6.45) is 0. The third-order valence-electron chi connectivity index (χ3n) is 2.75. The zero-order valence-corrected chi connectivity index (χ0v) is 13.3. The van der Waals surface area contributed by atoms with Gasteiger partial charge in [-0.05, 0) is 42.8 Å². The molecule has 2 aromatic carbocycles. The van der Waals surface area contributed by atoms with Crippen LogP contribution in [-0.2, 0) is 0 Å². The van der Waals surface area contributed by atoms with Gasteiger partial charge < -0.3 is 10.5 Å². The number of para-hydroxylation sites is 1. The summed E-state index contributed by atoms with van der Waals surface area (Å²) in [5.74, 6) is 0.881. The predicted octanol–water partition coefficient (Wildman–Crippen LogP) is 4.63. The van der Waals surface area contributed by atoms with E-state index in [9.17, 15) is 0 Å². The molecule has 4 heteroatoms. The summed E-state index contributed by atoms with van der Waals surface area (Å²) >= 11 is 5.17. The zero-order chi connectivity index (χ0) is 13.8. The van der Waals surface area contributed by atoms with E-state index in [0.29, 0.717) is 0 Å². The van der Waals surface area contributed by atoms with Crippen molar-refractivity contribution >= 4 is 27.7 Å². The Balaban J connectivity index is 2.38. The average molecular weight is 338 g/mol. The number of hydrogen-bond donors (Lipinski definition) is 1. The molecule has 2 nitrogen and oxygen atoms in total. The van der Waals surface area contributed by atoms with Crippen molar-refractivity contribution in [3.8, 4) is 5.75 Å². The molecule has 0 spiro atoms. The van der Waals surface area contributed by atoms with Crippen LogP contribution < -0.4 is 10.5 Å². The van der Waals surface area contributed by atoms with Crippen molar-refractivity contribution in [3.63, 3.8) is 0 Å². The Morgan fingerprint density at radius 3 is 2.58 bits per heavy atom. The highest BCUT2D eigenvalue weighted by atomic mass is 79.9. The summed E-state index contributed by atoms with van der Waals surface area (Å²) in [5, 5.41) is 0. The molecule has 0 amide bonds. The van der Waals surface area contributed by atoms with E-state index in [4.69, 9.17) is 10.5 Å². The Kier molecular flexibility index (Phi) is 4.91. The van der Waals surface area contributed by atoms with Gasteiger partial charge in [-0.2, -0.15) is 0 Å². The highest BCUT2D eigenvalue weighted by Gasteiger charge is 2.11. The molecule has 0 aromatic heterocycles. The first kappa shape index (κ1) is 14.4. The maximum Gasteiger partial charge on any atom is 0.132 e. The maximum atomic E-state index is 6.04. The first-order valence-corrected chi connectivity index (χ1v) is 7.58. The van der Waals surface area contributed by atoms with E-state index in [0.717, 1.165) is 25.6 Å². The first-order valence-electron chi connectivity index (χ1n) is 5.97. The van der Waals surface area contributed by atoms with Crippen LogP contribution in [0.4, 0.5) is 0 Å². The third-order valence-corrected chi connectivity index (χ3v) is 4.39. The standard InChI is InChI=1S/C15H16BrNOS/c1-10(17)12-9-11(16)7-8-14(12)19-15-6-4-3-5-13(15)18-2/h3-10H,17H2,1-2H3. The van der Waals surface area contributed by atoms with E-state index < -0.39 is 0 Å². The van der Waals surface area contributed by atoms with Crippen LogP contribution in [0.15, 0.2) is 56.7 Å². The molecule has 0 saturated heterocycles. The van der Waals surface area contributed by atoms with Gasteiger partial charge in [0.2, 0.25) is 0 Å². The van der Waals surface area contributed by atoms with Crippen LogP contribution in [0.5, 0.6) is 5.75 Å². The van der Waals surface area contributed by atoms with Crippen LogP contribution >= 0.6 is 27.7 Å². The lowest BCUT2D eigenvalue weighted by Gasteiger charge is -2.14. The molecule has 0 radical (unpaired) electrons. The van der Waals surface area contributed by atoms with Gasteiger partial charge in [0.25, 0.3) is 0 Å². The number of methoxy groups -OCH3 is 1. The fraction of sp³-hybridized carbons (Fsp3) is 0.200. The summed E-state index contributed by atoms with van der Waals surface area (Å²) in [6.45, 7) is 1.99. The number of rotatable bonds is 4. The number of halogens is 1. The quantitative estimate of drug-likeness (QED) is 0.883. The monoisotopic (exact) mass is 337 g/mol. The second-order valence-electron chi connectivity index (χ2n) is 4.22. The molecule has 1 unspecified atom stereocenters. The van der Waals surface area contributed by atoms with Gasteiger partial charge in [0.15, 0.2) is 0 Å². The SMILES string of the molecule is COc1ccccc1Sc1ccc(Br)cc1C(C)N. The van der Waals surface area contributed by atoms with Crippen molar-refractivity contribution in [1.29, 1.82) is 0 Å². The normalized spacial score (nSPS) is 12.2. The molecule has 0 heterocycles. The first-order chi connectivity index (χ1) is 9.11. The Morgan fingerprint density at radius 2 is 1.89 bits per heavy atom. The molecule has 100 valence electrons. The summed E-state index contributed by atoms with van der Waals surface area (Å²) in [5.41, 5.74) is 7.17. The van der Waals surface area contributed by atoms with Crippen LogP contribution in [0, 0.1) is 0 Å². The van der Waals surface area contributed by atoms with Crippen LogP contribution in [0.25, 0.3) is 0 Å². The van der Waals surface area contributed by atoms with Crippen LogP contribution in [0.3, 0.4) is 0 Å². The lowest BCUT2D eigenvalue weighted by atomic mass is 10.1. The van der Waals surface area contributed by atoms with Crippen molar-refractivity contribution in [3.05, 3.63) is 52.5 Å². The minimum Gasteiger partial charge on any atom is -0.496 e. The molecule has 2 aromatic rings. The van der Waals surface area contributed by atoms with Crippen molar-refractivity contribution in [2.45, 2.75) is 22.8 Å². The van der Waals surface area contributed by atoms with E-state index in [1.807, 2.05) is 31.2 Å². The molecule has 0 aliphatic heterocycles. The van der Waals surface area contributed by atoms with Gasteiger partial charge >= 0.3 is 0 Å². The molecule has 2 rings (SSSR count). The van der Waals surface area contributed by atoms with Gasteiger partial charge in [-0.3, -0.25) is 0 Å². The Hall–Kier alpha value is -0.970. The highest BCUT2D eigenvalue weighted by Crippen LogP contribution is 2.38. The van der Waals surface area contributed by atoms with Crippen LogP contribution in [0.2, 0.25) is 0 Å². The predicted molar refractivity (Wildman–Crippen MR) is 83.9 cm³/mol. The van der Waals surface area contributed by atoms with E-state index >= 15 is 0 Å². The van der Waals surface area contributed by atoms with Crippen molar-refractivity contribution in [2.75, 3.05) is 7.11 Å². The summed E-state index contributed by atoms with van der Waals surface area (Å²) < 4.78 is 6.43. The molecule has 0 fully saturated rings. The number of benzene rings is 2. The minimum absolute atomic E-state index is 0.00490. The zero-order valence-electron chi connectivity index (χ0n) is 10.9. The second kappa shape index (κ2) is 6.46. The minimum atomic E-state index is -0.00490. The lowest BCUT2D eigenvalue weighted by Crippen LogP contribution is -2.06. The van der Waals surface area contributed by atoms with Gasteiger partial charge in [0, 0.05) is 15.4 Å². The molecule has 0 bridgehead atoms. The number of ether oxygens (including phenoxy) is 1. The van der Waals surface area contributed by atoms with Gasteiger partial charge in [-0.15, -0.1) is 0 Å². The van der Waals surface area contributed by atoms with Gasteiger partial charge in [0.1, 0.15) is 5.75 Å². The Labute approximate surface area is 126 Å². The number of nitrogens with two attached hydrogens (primary N) is 1. The molecular weight excluding hydrogens is 322 g/mol. The topological polar surface area (TPSA) is 35.2 Å². The van der Waals surface area contributed by atoms with Crippen molar-refractivity contribution in [1.82, 2.24) is 0 Å². The fourth-order valence-electron chi connectivity index (χ4n) is 1.79.